The Morgan fingerprint density at radius 1 is 1.35 bits per heavy atom. The standard InChI is InChI=1S/C14H23N3O2S/c1-17(12-14-6-2-3-9-16-14)20(18,19)11-5-4-10-15-13-7-8-13/h2-3,6,9,13,15H,4-5,7-8,10-12H2,1H3. The van der Waals surface area contributed by atoms with Gasteiger partial charge in [0.05, 0.1) is 18.0 Å². The molecular weight excluding hydrogens is 274 g/mol. The van der Waals surface area contributed by atoms with E-state index in [1.807, 2.05) is 18.2 Å². The third-order valence-corrected chi connectivity index (χ3v) is 5.31. The van der Waals surface area contributed by atoms with Gasteiger partial charge in [-0.05, 0) is 44.4 Å². The van der Waals surface area contributed by atoms with E-state index in [1.54, 1.807) is 13.2 Å². The van der Waals surface area contributed by atoms with Gasteiger partial charge in [0, 0.05) is 19.3 Å². The molecule has 1 N–H and O–H groups in total. The van der Waals surface area contributed by atoms with Gasteiger partial charge in [0.1, 0.15) is 0 Å². The highest BCUT2D eigenvalue weighted by Crippen LogP contribution is 2.18. The Bertz CT molecular complexity index is 500. The van der Waals surface area contributed by atoms with Crippen LogP contribution in [0.2, 0.25) is 0 Å². The highest BCUT2D eigenvalue weighted by molar-refractivity contribution is 7.89. The van der Waals surface area contributed by atoms with Crippen LogP contribution in [0, 0.1) is 0 Å². The number of nitrogens with zero attached hydrogens (tertiary/aromatic N) is 2. The molecule has 5 nitrogen and oxygen atoms in total. The molecule has 0 spiro atoms. The van der Waals surface area contributed by atoms with Crippen LogP contribution in [0.4, 0.5) is 0 Å². The first-order valence-electron chi connectivity index (χ1n) is 7.15. The molecule has 1 fully saturated rings. The van der Waals surface area contributed by atoms with Crippen molar-refractivity contribution in [2.75, 3.05) is 19.3 Å². The summed E-state index contributed by atoms with van der Waals surface area (Å²) in [4.78, 5) is 4.15. The van der Waals surface area contributed by atoms with Crippen molar-refractivity contribution in [3.63, 3.8) is 0 Å². The predicted octanol–water partition coefficient (Wildman–Crippen LogP) is 1.38. The smallest absolute Gasteiger partial charge is 0.214 e. The molecule has 0 atom stereocenters. The summed E-state index contributed by atoms with van der Waals surface area (Å²) >= 11 is 0. The van der Waals surface area contributed by atoms with Crippen molar-refractivity contribution in [1.82, 2.24) is 14.6 Å². The number of rotatable bonds is 9. The minimum absolute atomic E-state index is 0.211. The predicted molar refractivity (Wildman–Crippen MR) is 79.7 cm³/mol. The van der Waals surface area contributed by atoms with E-state index < -0.39 is 10.0 Å². The van der Waals surface area contributed by atoms with Crippen LogP contribution in [0.25, 0.3) is 0 Å². The van der Waals surface area contributed by atoms with Gasteiger partial charge in [0.25, 0.3) is 0 Å². The van der Waals surface area contributed by atoms with Gasteiger partial charge < -0.3 is 5.32 Å². The summed E-state index contributed by atoms with van der Waals surface area (Å²) in [6.07, 6.45) is 5.83. The molecule has 1 aromatic rings. The molecule has 0 aromatic carbocycles. The first kappa shape index (κ1) is 15.4. The van der Waals surface area contributed by atoms with Crippen molar-refractivity contribution in [1.29, 1.82) is 0 Å². The number of pyridine rings is 1. The summed E-state index contributed by atoms with van der Waals surface area (Å²) in [5, 5.41) is 3.39. The SMILES string of the molecule is CN(Cc1ccccn1)S(=O)(=O)CCCCNC1CC1. The molecule has 1 heterocycles. The van der Waals surface area contributed by atoms with E-state index in [0.717, 1.165) is 18.7 Å². The van der Waals surface area contributed by atoms with Crippen LogP contribution in [-0.2, 0) is 16.6 Å². The largest absolute Gasteiger partial charge is 0.314 e. The normalized spacial score (nSPS) is 15.7. The molecule has 0 unspecified atom stereocenters. The van der Waals surface area contributed by atoms with E-state index >= 15 is 0 Å². The minimum Gasteiger partial charge on any atom is -0.314 e. The Morgan fingerprint density at radius 3 is 2.80 bits per heavy atom. The van der Waals surface area contributed by atoms with Gasteiger partial charge in [0.15, 0.2) is 0 Å². The van der Waals surface area contributed by atoms with Gasteiger partial charge in [-0.2, -0.15) is 4.31 Å². The maximum absolute atomic E-state index is 12.1. The molecule has 0 bridgehead atoms. The van der Waals surface area contributed by atoms with Crippen LogP contribution >= 0.6 is 0 Å². The van der Waals surface area contributed by atoms with E-state index in [-0.39, 0.29) is 5.75 Å². The van der Waals surface area contributed by atoms with Crippen molar-refractivity contribution in [3.05, 3.63) is 30.1 Å². The van der Waals surface area contributed by atoms with Crippen LogP contribution in [0.3, 0.4) is 0 Å². The average Bonchev–Trinajstić information content (AvgIpc) is 3.23. The molecular formula is C14H23N3O2S. The summed E-state index contributed by atoms with van der Waals surface area (Å²) < 4.78 is 25.6. The molecule has 0 saturated heterocycles. The lowest BCUT2D eigenvalue weighted by Crippen LogP contribution is -2.29. The van der Waals surface area contributed by atoms with Crippen molar-refractivity contribution in [3.8, 4) is 0 Å². The maximum atomic E-state index is 12.1. The fraction of sp³-hybridized carbons (Fsp3) is 0.643. The third-order valence-electron chi connectivity index (χ3n) is 3.43. The highest BCUT2D eigenvalue weighted by atomic mass is 32.2. The number of sulfonamides is 1. The number of hydrogen-bond acceptors (Lipinski definition) is 4. The van der Waals surface area contributed by atoms with Crippen LogP contribution in [0.15, 0.2) is 24.4 Å². The fourth-order valence-electron chi connectivity index (χ4n) is 1.98. The zero-order valence-electron chi connectivity index (χ0n) is 12.0. The van der Waals surface area contributed by atoms with Gasteiger partial charge in [-0.1, -0.05) is 6.07 Å². The van der Waals surface area contributed by atoms with Gasteiger partial charge >= 0.3 is 0 Å². The van der Waals surface area contributed by atoms with E-state index in [2.05, 4.69) is 10.3 Å². The van der Waals surface area contributed by atoms with Crippen molar-refractivity contribution in [2.24, 2.45) is 0 Å². The second-order valence-electron chi connectivity index (χ2n) is 5.33. The third kappa shape index (κ3) is 5.19. The molecule has 20 heavy (non-hydrogen) atoms. The van der Waals surface area contributed by atoms with E-state index in [9.17, 15) is 8.42 Å². The molecule has 0 aliphatic heterocycles. The Kier molecular flexibility index (Phi) is 5.51. The number of unbranched alkanes of at least 4 members (excludes halogenated alkanes) is 1. The Labute approximate surface area is 121 Å². The van der Waals surface area contributed by atoms with Gasteiger partial charge in [0.2, 0.25) is 10.0 Å². The molecule has 0 amide bonds. The zero-order chi connectivity index (χ0) is 14.4. The van der Waals surface area contributed by atoms with E-state index in [4.69, 9.17) is 0 Å². The Hall–Kier alpha value is -0.980. The highest BCUT2D eigenvalue weighted by Gasteiger charge is 2.20. The van der Waals surface area contributed by atoms with Crippen molar-refractivity contribution in [2.45, 2.75) is 38.3 Å². The Morgan fingerprint density at radius 2 is 2.15 bits per heavy atom. The van der Waals surface area contributed by atoms with E-state index in [0.29, 0.717) is 19.0 Å². The lowest BCUT2D eigenvalue weighted by atomic mass is 10.3. The average molecular weight is 297 g/mol. The van der Waals surface area contributed by atoms with Crippen LogP contribution in [-0.4, -0.2) is 43.1 Å². The van der Waals surface area contributed by atoms with Gasteiger partial charge in [-0.3, -0.25) is 4.98 Å². The van der Waals surface area contributed by atoms with E-state index in [1.165, 1.54) is 17.1 Å². The molecule has 1 aliphatic carbocycles. The topological polar surface area (TPSA) is 62.3 Å². The maximum Gasteiger partial charge on any atom is 0.214 e. The Balaban J connectivity index is 1.70. The minimum atomic E-state index is -3.18. The summed E-state index contributed by atoms with van der Waals surface area (Å²) in [6, 6.07) is 6.22. The molecule has 1 aliphatic rings. The van der Waals surface area contributed by atoms with Crippen LogP contribution in [0.5, 0.6) is 0 Å². The van der Waals surface area contributed by atoms with Crippen LogP contribution < -0.4 is 5.32 Å². The lowest BCUT2D eigenvalue weighted by molar-refractivity contribution is 0.459. The fourth-order valence-corrected chi connectivity index (χ4v) is 3.19. The quantitative estimate of drug-likeness (QED) is 0.699. The van der Waals surface area contributed by atoms with Gasteiger partial charge in [-0.25, -0.2) is 8.42 Å². The van der Waals surface area contributed by atoms with Gasteiger partial charge in [-0.15, -0.1) is 0 Å². The second-order valence-corrected chi connectivity index (χ2v) is 7.52. The summed E-state index contributed by atoms with van der Waals surface area (Å²) in [6.45, 7) is 1.26. The molecule has 112 valence electrons. The molecule has 6 heteroatoms. The number of hydrogen-bond donors (Lipinski definition) is 1. The number of nitrogens with one attached hydrogen (secondary N) is 1. The monoisotopic (exact) mass is 297 g/mol. The van der Waals surface area contributed by atoms with Crippen molar-refractivity contribution >= 4 is 10.0 Å². The summed E-state index contributed by atoms with van der Waals surface area (Å²) in [5.74, 6) is 0.211. The first-order chi connectivity index (χ1) is 9.58. The van der Waals surface area contributed by atoms with Crippen LogP contribution in [0.1, 0.15) is 31.4 Å². The summed E-state index contributed by atoms with van der Waals surface area (Å²) in [7, 11) is -1.56. The molecule has 1 saturated carbocycles. The molecule has 2 rings (SSSR count). The zero-order valence-corrected chi connectivity index (χ0v) is 12.8. The number of aromatic nitrogens is 1. The lowest BCUT2D eigenvalue weighted by Gasteiger charge is -2.16. The first-order valence-corrected chi connectivity index (χ1v) is 8.76. The summed E-state index contributed by atoms with van der Waals surface area (Å²) in [5.41, 5.74) is 0.772. The van der Waals surface area contributed by atoms with Crippen molar-refractivity contribution < 1.29 is 8.42 Å². The molecule has 0 radical (unpaired) electrons. The second kappa shape index (κ2) is 7.15. The molecule has 1 aromatic heterocycles.